The molecule has 8 nitrogen and oxygen atoms in total. The maximum atomic E-state index is 14.5. The van der Waals surface area contributed by atoms with E-state index >= 15 is 0 Å². The second-order valence-electron chi connectivity index (χ2n) is 7.84. The number of aliphatic hydroxyl groups is 1. The van der Waals surface area contributed by atoms with Crippen LogP contribution < -0.4 is 16.0 Å². The predicted molar refractivity (Wildman–Crippen MR) is 102 cm³/mol. The van der Waals surface area contributed by atoms with E-state index in [1.807, 2.05) is 0 Å². The van der Waals surface area contributed by atoms with Crippen molar-refractivity contribution in [2.75, 3.05) is 6.61 Å². The first-order valence-electron chi connectivity index (χ1n) is 9.52. The number of benzene rings is 1. The van der Waals surface area contributed by atoms with E-state index in [0.717, 1.165) is 11.1 Å². The lowest BCUT2D eigenvalue weighted by Gasteiger charge is -2.27. The highest BCUT2D eigenvalue weighted by atomic mass is 19.1. The lowest BCUT2D eigenvalue weighted by atomic mass is 9.91. The molecule has 3 aliphatic heterocycles. The average molecular weight is 409 g/mol. The first-order chi connectivity index (χ1) is 14.4. The predicted octanol–water partition coefficient (Wildman–Crippen LogP) is 1.36. The molecule has 5 heterocycles. The Morgan fingerprint density at radius 1 is 1.27 bits per heavy atom. The summed E-state index contributed by atoms with van der Waals surface area (Å²) in [5.41, 5.74) is 9.75. The van der Waals surface area contributed by atoms with Crippen molar-refractivity contribution in [3.63, 3.8) is 0 Å². The van der Waals surface area contributed by atoms with Gasteiger partial charge in [-0.25, -0.2) is 14.2 Å². The highest BCUT2D eigenvalue weighted by Crippen LogP contribution is 2.45. The first kappa shape index (κ1) is 17.5. The van der Waals surface area contributed by atoms with Gasteiger partial charge in [0.05, 0.1) is 35.1 Å². The molecule has 0 fully saturated rings. The van der Waals surface area contributed by atoms with E-state index in [1.54, 1.807) is 13.0 Å². The molecule has 0 amide bonds. The third kappa shape index (κ3) is 2.03. The summed E-state index contributed by atoms with van der Waals surface area (Å²) in [5.74, 6) is -0.813. The van der Waals surface area contributed by atoms with Crippen molar-refractivity contribution in [2.45, 2.75) is 32.2 Å². The summed E-state index contributed by atoms with van der Waals surface area (Å²) < 4.78 is 26.7. The minimum absolute atomic E-state index is 0.186. The fourth-order valence-corrected chi connectivity index (χ4v) is 4.70. The number of ether oxygens (including phenoxy) is 2. The van der Waals surface area contributed by atoms with E-state index in [1.165, 1.54) is 10.6 Å². The van der Waals surface area contributed by atoms with E-state index in [4.69, 9.17) is 15.2 Å². The maximum absolute atomic E-state index is 14.5. The van der Waals surface area contributed by atoms with Crippen LogP contribution in [-0.4, -0.2) is 27.2 Å². The van der Waals surface area contributed by atoms with Crippen LogP contribution in [0.1, 0.15) is 40.0 Å². The number of aliphatic hydroxyl groups excluding tert-OH is 1. The van der Waals surface area contributed by atoms with E-state index in [9.17, 15) is 19.1 Å². The Labute approximate surface area is 168 Å². The zero-order valence-corrected chi connectivity index (χ0v) is 15.9. The first-order valence-corrected chi connectivity index (χ1v) is 9.52. The Hall–Kier alpha value is -3.30. The molecule has 152 valence electrons. The van der Waals surface area contributed by atoms with Gasteiger partial charge in [-0.05, 0) is 18.6 Å². The lowest BCUT2D eigenvalue weighted by Crippen LogP contribution is -2.32. The third-order valence-electron chi connectivity index (χ3n) is 6.21. The van der Waals surface area contributed by atoms with Crippen molar-refractivity contribution in [3.8, 4) is 17.1 Å². The number of nitrogens with zero attached hydrogens (tertiary/aromatic N) is 2. The van der Waals surface area contributed by atoms with Gasteiger partial charge >= 0.3 is 5.97 Å². The van der Waals surface area contributed by atoms with E-state index in [-0.39, 0.29) is 36.4 Å². The maximum Gasteiger partial charge on any atom is 0.340 e. The molecule has 3 aromatic rings. The topological polar surface area (TPSA) is 117 Å². The van der Waals surface area contributed by atoms with E-state index in [2.05, 4.69) is 4.98 Å². The Morgan fingerprint density at radius 3 is 2.87 bits per heavy atom. The molecule has 0 saturated carbocycles. The fraction of sp³-hybridized carbons (Fsp3) is 0.286. The van der Waals surface area contributed by atoms with Crippen LogP contribution in [0.2, 0.25) is 0 Å². The molecule has 3 N–H and O–H groups in total. The highest BCUT2D eigenvalue weighted by molar-refractivity contribution is 5.95. The summed E-state index contributed by atoms with van der Waals surface area (Å²) in [7, 11) is 0. The Kier molecular flexibility index (Phi) is 3.30. The third-order valence-corrected chi connectivity index (χ3v) is 6.21. The van der Waals surface area contributed by atoms with E-state index < -0.39 is 23.9 Å². The van der Waals surface area contributed by atoms with Crippen LogP contribution in [-0.2, 0) is 22.7 Å². The van der Waals surface area contributed by atoms with Gasteiger partial charge in [-0.3, -0.25) is 4.79 Å². The molecule has 0 aliphatic carbocycles. The van der Waals surface area contributed by atoms with Gasteiger partial charge in [0.25, 0.3) is 5.56 Å². The number of fused-ring (bicyclic) bond motifs is 5. The molecule has 3 aliphatic rings. The average Bonchev–Trinajstić information content (AvgIpc) is 3.09. The number of halogens is 1. The normalized spacial score (nSPS) is 21.0. The second-order valence-corrected chi connectivity index (χ2v) is 7.84. The number of pyridine rings is 2. The molecule has 30 heavy (non-hydrogen) atoms. The summed E-state index contributed by atoms with van der Waals surface area (Å²) in [6, 6.07) is 2.47. The number of carbonyl (C=O) groups excluding carboxylic acids is 1. The van der Waals surface area contributed by atoms with Crippen molar-refractivity contribution in [2.24, 2.45) is 5.73 Å². The summed E-state index contributed by atoms with van der Waals surface area (Å²) in [4.78, 5) is 29.5. The molecule has 0 spiro atoms. The summed E-state index contributed by atoms with van der Waals surface area (Å²) in [5, 5.41) is 10.9. The van der Waals surface area contributed by atoms with Crippen molar-refractivity contribution < 1.29 is 23.8 Å². The van der Waals surface area contributed by atoms with Gasteiger partial charge in [-0.1, -0.05) is 0 Å². The van der Waals surface area contributed by atoms with Crippen molar-refractivity contribution in [1.82, 2.24) is 9.55 Å². The van der Waals surface area contributed by atoms with Crippen LogP contribution in [0, 0.1) is 12.7 Å². The Morgan fingerprint density at radius 2 is 2.07 bits per heavy atom. The van der Waals surface area contributed by atoms with Crippen LogP contribution in [0.4, 0.5) is 4.39 Å². The van der Waals surface area contributed by atoms with Crippen LogP contribution in [0.3, 0.4) is 0 Å². The van der Waals surface area contributed by atoms with Gasteiger partial charge in [0.2, 0.25) is 0 Å². The molecule has 0 radical (unpaired) electrons. The Balaban J connectivity index is 1.70. The molecular formula is C21H16FN3O5. The van der Waals surface area contributed by atoms with Crippen molar-refractivity contribution >= 4 is 16.9 Å². The molecule has 9 heteroatoms. The summed E-state index contributed by atoms with van der Waals surface area (Å²) in [6.45, 7) is 1.88. The number of rotatable bonds is 0. The number of aromatic nitrogens is 2. The molecule has 2 atom stereocenters. The van der Waals surface area contributed by atoms with Gasteiger partial charge in [0.15, 0.2) is 6.10 Å². The summed E-state index contributed by atoms with van der Waals surface area (Å²) in [6.07, 6.45) is -1.53. The van der Waals surface area contributed by atoms with Gasteiger partial charge in [-0.2, -0.15) is 0 Å². The SMILES string of the molecule is Cc1c(F)cc2nc3c(c4c2c1OCC4N)Cn1c-3cc2c(c1=O)COC(=O)C2O. The molecule has 1 aromatic carbocycles. The number of esters is 1. The quantitative estimate of drug-likeness (QED) is 0.421. The number of hydrogen-bond donors (Lipinski definition) is 2. The molecule has 0 saturated heterocycles. The standard InChI is InChI=1S/C21H16FN3O5/c1-7-11(22)3-13-16-15(12(23)6-29-19(7)16)9-4-25-14(17(9)24-13)2-8-10(20(25)27)5-30-21(28)18(8)26/h2-3,12,18,26H,4-6,23H2,1H3. The largest absolute Gasteiger partial charge is 0.491 e. The minimum Gasteiger partial charge on any atom is -0.491 e. The molecular weight excluding hydrogens is 393 g/mol. The van der Waals surface area contributed by atoms with Crippen LogP contribution in [0.5, 0.6) is 5.75 Å². The van der Waals surface area contributed by atoms with Crippen molar-refractivity contribution in [3.05, 3.63) is 56.1 Å². The van der Waals surface area contributed by atoms with Crippen LogP contribution in [0.15, 0.2) is 16.9 Å². The lowest BCUT2D eigenvalue weighted by molar-refractivity contribution is -0.157. The van der Waals surface area contributed by atoms with Gasteiger partial charge in [0.1, 0.15) is 24.8 Å². The molecule has 6 rings (SSSR count). The number of carbonyl (C=O) groups is 1. The smallest absolute Gasteiger partial charge is 0.340 e. The fourth-order valence-electron chi connectivity index (χ4n) is 4.70. The number of nitrogens with two attached hydrogens (primary N) is 1. The molecule has 2 aromatic heterocycles. The molecule has 2 unspecified atom stereocenters. The van der Waals surface area contributed by atoms with Gasteiger partial charge < -0.3 is 24.9 Å². The van der Waals surface area contributed by atoms with Gasteiger partial charge in [0, 0.05) is 28.1 Å². The minimum atomic E-state index is -1.53. The van der Waals surface area contributed by atoms with Crippen LogP contribution in [0.25, 0.3) is 22.3 Å². The second kappa shape index (κ2) is 5.65. The van der Waals surface area contributed by atoms with Crippen molar-refractivity contribution in [1.29, 1.82) is 0 Å². The monoisotopic (exact) mass is 409 g/mol. The Bertz CT molecular complexity index is 1380. The van der Waals surface area contributed by atoms with E-state index in [0.29, 0.717) is 33.6 Å². The number of hydrogen-bond acceptors (Lipinski definition) is 7. The highest BCUT2D eigenvalue weighted by Gasteiger charge is 2.37. The molecule has 0 bridgehead atoms. The van der Waals surface area contributed by atoms with Crippen LogP contribution >= 0.6 is 0 Å². The zero-order chi connectivity index (χ0) is 20.9. The number of cyclic esters (lactones) is 1. The van der Waals surface area contributed by atoms with Gasteiger partial charge in [-0.15, -0.1) is 0 Å². The summed E-state index contributed by atoms with van der Waals surface area (Å²) >= 11 is 0. The zero-order valence-electron chi connectivity index (χ0n) is 15.9.